The Morgan fingerprint density at radius 2 is 1.72 bits per heavy atom. The van der Waals surface area contributed by atoms with Crippen LogP contribution in [0.2, 0.25) is 14.8 Å². The van der Waals surface area contributed by atoms with Gasteiger partial charge in [-0.3, -0.25) is 4.98 Å². The molecule has 25 heavy (non-hydrogen) atoms. The molecule has 0 aliphatic carbocycles. The first-order valence-corrected chi connectivity index (χ1v) is 18.9. The molecule has 1 amide bonds. The fourth-order valence-corrected chi connectivity index (χ4v) is 6.48. The molecule has 1 aliphatic heterocycles. The van der Waals surface area contributed by atoms with E-state index in [1.807, 2.05) is 17.0 Å². The summed E-state index contributed by atoms with van der Waals surface area (Å²) >= 11 is -1.95. The number of hydrogen-bond donors (Lipinski definition) is 0. The molecule has 3 rings (SSSR count). The molecular formula is C20H27N3OSn. The van der Waals surface area contributed by atoms with Crippen LogP contribution < -0.4 is 3.58 Å². The van der Waals surface area contributed by atoms with Crippen LogP contribution in [0.25, 0.3) is 0 Å². The van der Waals surface area contributed by atoms with Crippen molar-refractivity contribution in [1.29, 1.82) is 0 Å². The van der Waals surface area contributed by atoms with E-state index >= 15 is 0 Å². The number of hydrogen-bond acceptors (Lipinski definition) is 3. The molecule has 0 unspecified atom stereocenters. The Labute approximate surface area is 154 Å². The van der Waals surface area contributed by atoms with E-state index in [9.17, 15) is 4.79 Å². The molecule has 1 aliphatic rings. The second-order valence-corrected chi connectivity index (χ2v) is 22.2. The second-order valence-electron chi connectivity index (χ2n) is 7.76. The predicted octanol–water partition coefficient (Wildman–Crippen LogP) is 2.58. The zero-order valence-electron chi connectivity index (χ0n) is 15.4. The maximum absolute atomic E-state index is 12.5. The number of carbonyl (C=O) groups excluding carboxylic acids is 1. The average molecular weight is 444 g/mol. The number of pyridine rings is 1. The molecule has 1 aromatic carbocycles. The van der Waals surface area contributed by atoms with Crippen molar-refractivity contribution < 1.29 is 4.79 Å². The Morgan fingerprint density at radius 1 is 1.04 bits per heavy atom. The molecule has 5 heteroatoms. The van der Waals surface area contributed by atoms with E-state index in [0.29, 0.717) is 5.56 Å². The fourth-order valence-electron chi connectivity index (χ4n) is 3.15. The second kappa shape index (κ2) is 7.87. The van der Waals surface area contributed by atoms with Crippen LogP contribution in [0.5, 0.6) is 0 Å². The summed E-state index contributed by atoms with van der Waals surface area (Å²) in [5.74, 6) is 0.0924. The van der Waals surface area contributed by atoms with Gasteiger partial charge in [-0.2, -0.15) is 0 Å². The van der Waals surface area contributed by atoms with E-state index in [2.05, 4.69) is 49.0 Å². The van der Waals surface area contributed by atoms with E-state index in [1.54, 1.807) is 16.0 Å². The summed E-state index contributed by atoms with van der Waals surface area (Å²) in [6.45, 7) is 4.38. The summed E-state index contributed by atoms with van der Waals surface area (Å²) < 4.78 is 1.57. The number of benzene rings is 1. The summed E-state index contributed by atoms with van der Waals surface area (Å²) in [6.07, 6.45) is 3.35. The predicted molar refractivity (Wildman–Crippen MR) is 105 cm³/mol. The van der Waals surface area contributed by atoms with Crippen molar-refractivity contribution in [3.05, 3.63) is 59.9 Å². The summed E-state index contributed by atoms with van der Waals surface area (Å²) in [6, 6.07) is 12.9. The number of nitrogens with zero attached hydrogens (tertiary/aromatic N) is 3. The average Bonchev–Trinajstić information content (AvgIpc) is 2.62. The van der Waals surface area contributed by atoms with Gasteiger partial charge in [0, 0.05) is 6.20 Å². The number of piperazine rings is 1. The van der Waals surface area contributed by atoms with Crippen molar-refractivity contribution in [3.63, 3.8) is 0 Å². The van der Waals surface area contributed by atoms with E-state index in [1.165, 1.54) is 5.56 Å². The maximum atomic E-state index is 12.5. The van der Waals surface area contributed by atoms with Crippen molar-refractivity contribution in [3.8, 4) is 0 Å². The van der Waals surface area contributed by atoms with Crippen LogP contribution in [0.4, 0.5) is 0 Å². The Balaban J connectivity index is 1.53. The summed E-state index contributed by atoms with van der Waals surface area (Å²) in [5.41, 5.74) is 2.05. The van der Waals surface area contributed by atoms with Gasteiger partial charge in [-0.1, -0.05) is 0 Å². The zero-order chi connectivity index (χ0) is 17.9. The number of carbonyl (C=O) groups is 1. The van der Waals surface area contributed by atoms with Crippen molar-refractivity contribution >= 4 is 27.9 Å². The third-order valence-electron chi connectivity index (χ3n) is 4.79. The molecular weight excluding hydrogens is 417 g/mol. The van der Waals surface area contributed by atoms with E-state index < -0.39 is 18.4 Å². The molecule has 1 saturated heterocycles. The van der Waals surface area contributed by atoms with Gasteiger partial charge in [0.25, 0.3) is 0 Å². The molecule has 132 valence electrons. The number of amides is 1. The van der Waals surface area contributed by atoms with Gasteiger partial charge in [-0.15, -0.1) is 0 Å². The molecule has 1 aromatic heterocycles. The molecule has 0 bridgehead atoms. The Bertz CT molecular complexity index is 702. The van der Waals surface area contributed by atoms with Gasteiger partial charge in [-0.25, -0.2) is 0 Å². The fraction of sp³-hybridized carbons (Fsp3) is 0.400. The van der Waals surface area contributed by atoms with Gasteiger partial charge in [0.05, 0.1) is 0 Å². The van der Waals surface area contributed by atoms with Crippen LogP contribution in [0.15, 0.2) is 48.8 Å². The topological polar surface area (TPSA) is 36.4 Å². The van der Waals surface area contributed by atoms with Crippen molar-refractivity contribution in [2.45, 2.75) is 21.4 Å². The van der Waals surface area contributed by atoms with Crippen LogP contribution in [-0.2, 0) is 6.54 Å². The van der Waals surface area contributed by atoms with Gasteiger partial charge in [-0.05, 0) is 6.07 Å². The van der Waals surface area contributed by atoms with Crippen LogP contribution >= 0.6 is 0 Å². The Morgan fingerprint density at radius 3 is 2.28 bits per heavy atom. The van der Waals surface area contributed by atoms with Crippen LogP contribution in [-0.4, -0.2) is 65.2 Å². The van der Waals surface area contributed by atoms with Crippen LogP contribution in [0.3, 0.4) is 0 Å². The van der Waals surface area contributed by atoms with Gasteiger partial charge in [0.1, 0.15) is 0 Å². The first-order chi connectivity index (χ1) is 11.9. The molecule has 4 nitrogen and oxygen atoms in total. The minimum atomic E-state index is -1.95. The van der Waals surface area contributed by atoms with Gasteiger partial charge >= 0.3 is 138 Å². The van der Waals surface area contributed by atoms with Gasteiger partial charge in [0.15, 0.2) is 0 Å². The first-order valence-electron chi connectivity index (χ1n) is 8.94. The quantitative estimate of drug-likeness (QED) is 0.681. The zero-order valence-corrected chi connectivity index (χ0v) is 18.3. The summed E-state index contributed by atoms with van der Waals surface area (Å²) in [5, 5.41) is 0. The molecule has 1 fully saturated rings. The van der Waals surface area contributed by atoms with Crippen molar-refractivity contribution in [2.75, 3.05) is 26.2 Å². The number of aromatic nitrogens is 1. The molecule has 2 aromatic rings. The third kappa shape index (κ3) is 4.82. The van der Waals surface area contributed by atoms with E-state index in [0.717, 1.165) is 32.7 Å². The monoisotopic (exact) mass is 445 g/mol. The van der Waals surface area contributed by atoms with Crippen LogP contribution in [0, 0.1) is 0 Å². The SMILES string of the molecule is [CH3][Sn]([CH3])([CH3])[c]1ccc(CN2CCN(C(=O)c3cccnc3)CC2)cc1. The normalized spacial score (nSPS) is 16.0. The van der Waals surface area contributed by atoms with E-state index in [4.69, 9.17) is 0 Å². The van der Waals surface area contributed by atoms with Crippen molar-refractivity contribution in [2.24, 2.45) is 0 Å². The van der Waals surface area contributed by atoms with Gasteiger partial charge in [0.2, 0.25) is 0 Å². The molecule has 0 radical (unpaired) electrons. The molecule has 0 saturated carbocycles. The Kier molecular flexibility index (Phi) is 5.79. The molecule has 0 atom stereocenters. The summed E-state index contributed by atoms with van der Waals surface area (Å²) in [4.78, 5) is 28.2. The third-order valence-corrected chi connectivity index (χ3v) is 10.7. The number of rotatable bonds is 4. The minimum absolute atomic E-state index is 0.0924. The standard InChI is InChI=1S/C17H18N3O.3CH3.Sn/c21-17(16-7-4-8-18-13-16)20-11-9-19(10-12-20)14-15-5-2-1-3-6-15;;;;/h2-8,13H,9-12,14H2;3*1H3;. The Hall–Kier alpha value is -1.40. The van der Waals surface area contributed by atoms with Crippen molar-refractivity contribution in [1.82, 2.24) is 14.8 Å². The first kappa shape index (κ1) is 18.4. The molecule has 2 heterocycles. The summed E-state index contributed by atoms with van der Waals surface area (Å²) in [7, 11) is 0. The van der Waals surface area contributed by atoms with E-state index in [-0.39, 0.29) is 5.91 Å². The van der Waals surface area contributed by atoms with Gasteiger partial charge < -0.3 is 0 Å². The molecule has 0 spiro atoms. The molecule has 0 N–H and O–H groups in total. The van der Waals surface area contributed by atoms with Crippen LogP contribution in [0.1, 0.15) is 15.9 Å².